The molecular formula is C10H22N2O2. The Kier molecular flexibility index (Phi) is 6.49. The number of hydrogen-bond acceptors (Lipinski definition) is 3. The Labute approximate surface area is 85.9 Å². The van der Waals surface area contributed by atoms with Crippen LogP contribution in [0.25, 0.3) is 0 Å². The van der Waals surface area contributed by atoms with Gasteiger partial charge in [-0.05, 0) is 18.8 Å². The highest BCUT2D eigenvalue weighted by Gasteiger charge is 2.19. The molecule has 0 fully saturated rings. The molecule has 0 spiro atoms. The van der Waals surface area contributed by atoms with Gasteiger partial charge in [-0.15, -0.1) is 0 Å². The van der Waals surface area contributed by atoms with E-state index in [1.807, 2.05) is 20.8 Å². The van der Waals surface area contributed by atoms with E-state index in [9.17, 15) is 4.79 Å². The molecule has 0 radical (unpaired) electrons. The zero-order valence-corrected chi connectivity index (χ0v) is 9.29. The van der Waals surface area contributed by atoms with Crippen molar-refractivity contribution >= 4 is 5.91 Å². The average Bonchev–Trinajstić information content (AvgIpc) is 2.15. The van der Waals surface area contributed by atoms with Gasteiger partial charge in [0, 0.05) is 12.6 Å². The first-order valence-electron chi connectivity index (χ1n) is 5.19. The van der Waals surface area contributed by atoms with Gasteiger partial charge >= 0.3 is 0 Å². The highest BCUT2D eigenvalue weighted by molar-refractivity contribution is 5.81. The third kappa shape index (κ3) is 4.58. The fraction of sp³-hybridized carbons (Fsp3) is 0.900. The van der Waals surface area contributed by atoms with Crippen LogP contribution in [0.15, 0.2) is 0 Å². The van der Waals surface area contributed by atoms with Gasteiger partial charge in [0.05, 0.1) is 6.04 Å². The Bertz CT molecular complexity index is 172. The van der Waals surface area contributed by atoms with E-state index >= 15 is 0 Å². The molecule has 0 aromatic rings. The minimum atomic E-state index is -0.456. The zero-order valence-electron chi connectivity index (χ0n) is 9.29. The summed E-state index contributed by atoms with van der Waals surface area (Å²) in [4.78, 5) is 11.5. The third-order valence-electron chi connectivity index (χ3n) is 2.34. The first-order chi connectivity index (χ1) is 6.52. The third-order valence-corrected chi connectivity index (χ3v) is 2.34. The molecule has 0 aliphatic rings. The van der Waals surface area contributed by atoms with Crippen molar-refractivity contribution in [2.75, 3.05) is 6.61 Å². The SMILES string of the molecule is CCC(CCO)NC(=O)[C@H](N)C(C)C. The molecule has 0 bridgehead atoms. The van der Waals surface area contributed by atoms with Crippen molar-refractivity contribution in [1.82, 2.24) is 5.32 Å². The Balaban J connectivity index is 4.01. The zero-order chi connectivity index (χ0) is 11.1. The summed E-state index contributed by atoms with van der Waals surface area (Å²) < 4.78 is 0. The van der Waals surface area contributed by atoms with Crippen LogP contribution in [0.3, 0.4) is 0 Å². The summed E-state index contributed by atoms with van der Waals surface area (Å²) in [5.74, 6) is 0.0157. The van der Waals surface area contributed by atoms with Gasteiger partial charge in [-0.25, -0.2) is 0 Å². The standard InChI is InChI=1S/C10H22N2O2/c1-4-8(5-6-13)12-10(14)9(11)7(2)3/h7-9,13H,4-6,11H2,1-3H3,(H,12,14)/t8?,9-/m1/s1. The summed E-state index contributed by atoms with van der Waals surface area (Å²) in [6, 6.07) is -0.417. The maximum absolute atomic E-state index is 11.5. The monoisotopic (exact) mass is 202 g/mol. The van der Waals surface area contributed by atoms with E-state index in [-0.39, 0.29) is 24.5 Å². The maximum atomic E-state index is 11.5. The van der Waals surface area contributed by atoms with Crippen LogP contribution in [-0.2, 0) is 4.79 Å². The Morgan fingerprint density at radius 2 is 2.07 bits per heavy atom. The number of amides is 1. The predicted molar refractivity (Wildman–Crippen MR) is 56.7 cm³/mol. The van der Waals surface area contributed by atoms with Crippen molar-refractivity contribution in [3.05, 3.63) is 0 Å². The number of nitrogens with two attached hydrogens (primary N) is 1. The lowest BCUT2D eigenvalue weighted by Gasteiger charge is -2.20. The predicted octanol–water partition coefficient (Wildman–Crippen LogP) is 0.247. The Morgan fingerprint density at radius 1 is 1.50 bits per heavy atom. The number of carbonyl (C=O) groups is 1. The molecule has 84 valence electrons. The van der Waals surface area contributed by atoms with Crippen molar-refractivity contribution < 1.29 is 9.90 Å². The van der Waals surface area contributed by atoms with Crippen LogP contribution in [0, 0.1) is 5.92 Å². The van der Waals surface area contributed by atoms with E-state index in [1.165, 1.54) is 0 Å². The molecule has 4 heteroatoms. The molecule has 2 atom stereocenters. The molecule has 0 aliphatic carbocycles. The van der Waals surface area contributed by atoms with Crippen LogP contribution in [0.4, 0.5) is 0 Å². The van der Waals surface area contributed by atoms with Gasteiger partial charge in [0.2, 0.25) is 5.91 Å². The van der Waals surface area contributed by atoms with Gasteiger partial charge in [0.1, 0.15) is 0 Å². The molecule has 0 aliphatic heterocycles. The topological polar surface area (TPSA) is 75.3 Å². The molecule has 0 rings (SSSR count). The normalized spacial score (nSPS) is 15.3. The van der Waals surface area contributed by atoms with Crippen LogP contribution < -0.4 is 11.1 Å². The minimum absolute atomic E-state index is 0.0392. The fourth-order valence-electron chi connectivity index (χ4n) is 1.13. The Hall–Kier alpha value is -0.610. The summed E-state index contributed by atoms with van der Waals surface area (Å²) in [7, 11) is 0. The second-order valence-corrected chi connectivity index (χ2v) is 3.90. The van der Waals surface area contributed by atoms with Crippen molar-refractivity contribution in [3.63, 3.8) is 0 Å². The quantitative estimate of drug-likeness (QED) is 0.578. The van der Waals surface area contributed by atoms with E-state index in [1.54, 1.807) is 0 Å². The van der Waals surface area contributed by atoms with Crippen LogP contribution in [0.1, 0.15) is 33.6 Å². The molecule has 0 saturated carbocycles. The second kappa shape index (κ2) is 6.79. The number of hydrogen-bond donors (Lipinski definition) is 3. The molecule has 4 nitrogen and oxygen atoms in total. The van der Waals surface area contributed by atoms with Crippen LogP contribution >= 0.6 is 0 Å². The van der Waals surface area contributed by atoms with E-state index < -0.39 is 6.04 Å². The summed E-state index contributed by atoms with van der Waals surface area (Å²) >= 11 is 0. The molecule has 1 unspecified atom stereocenters. The molecular weight excluding hydrogens is 180 g/mol. The van der Waals surface area contributed by atoms with E-state index in [0.29, 0.717) is 6.42 Å². The number of rotatable bonds is 6. The number of aliphatic hydroxyl groups is 1. The second-order valence-electron chi connectivity index (χ2n) is 3.90. The van der Waals surface area contributed by atoms with Crippen molar-refractivity contribution in [2.24, 2.45) is 11.7 Å². The van der Waals surface area contributed by atoms with E-state index in [4.69, 9.17) is 10.8 Å². The molecule has 0 aromatic carbocycles. The summed E-state index contributed by atoms with van der Waals surface area (Å²) in [5.41, 5.74) is 5.68. The molecule has 1 amide bonds. The van der Waals surface area contributed by atoms with Gasteiger partial charge < -0.3 is 16.2 Å². The summed E-state index contributed by atoms with van der Waals surface area (Å²) in [6.07, 6.45) is 1.41. The Morgan fingerprint density at radius 3 is 2.43 bits per heavy atom. The van der Waals surface area contributed by atoms with Crippen molar-refractivity contribution in [1.29, 1.82) is 0 Å². The van der Waals surface area contributed by atoms with Gasteiger partial charge in [-0.3, -0.25) is 4.79 Å². The molecule has 0 saturated heterocycles. The lowest BCUT2D eigenvalue weighted by atomic mass is 10.0. The van der Waals surface area contributed by atoms with Gasteiger partial charge in [-0.2, -0.15) is 0 Å². The van der Waals surface area contributed by atoms with Crippen LogP contribution in [-0.4, -0.2) is 29.7 Å². The smallest absolute Gasteiger partial charge is 0.237 e. The van der Waals surface area contributed by atoms with Crippen molar-refractivity contribution in [3.8, 4) is 0 Å². The van der Waals surface area contributed by atoms with Crippen LogP contribution in [0.2, 0.25) is 0 Å². The molecule has 4 N–H and O–H groups in total. The summed E-state index contributed by atoms with van der Waals surface area (Å²) in [6.45, 7) is 5.89. The lowest BCUT2D eigenvalue weighted by Crippen LogP contribution is -2.47. The van der Waals surface area contributed by atoms with Gasteiger partial charge in [0.25, 0.3) is 0 Å². The van der Waals surface area contributed by atoms with Gasteiger partial charge in [-0.1, -0.05) is 20.8 Å². The van der Waals surface area contributed by atoms with Crippen molar-refractivity contribution in [2.45, 2.75) is 45.7 Å². The number of nitrogens with one attached hydrogen (secondary N) is 1. The fourth-order valence-corrected chi connectivity index (χ4v) is 1.13. The highest BCUT2D eigenvalue weighted by Crippen LogP contribution is 2.01. The van der Waals surface area contributed by atoms with E-state index in [0.717, 1.165) is 6.42 Å². The first kappa shape index (κ1) is 13.4. The number of carbonyl (C=O) groups excluding carboxylic acids is 1. The first-order valence-corrected chi connectivity index (χ1v) is 5.19. The molecule has 0 heterocycles. The molecule has 14 heavy (non-hydrogen) atoms. The number of aliphatic hydroxyl groups excluding tert-OH is 1. The van der Waals surface area contributed by atoms with Gasteiger partial charge in [0.15, 0.2) is 0 Å². The average molecular weight is 202 g/mol. The maximum Gasteiger partial charge on any atom is 0.237 e. The highest BCUT2D eigenvalue weighted by atomic mass is 16.3. The lowest BCUT2D eigenvalue weighted by molar-refractivity contribution is -0.124. The minimum Gasteiger partial charge on any atom is -0.396 e. The van der Waals surface area contributed by atoms with Crippen LogP contribution in [0.5, 0.6) is 0 Å². The molecule has 0 aromatic heterocycles. The van der Waals surface area contributed by atoms with E-state index in [2.05, 4.69) is 5.32 Å². The largest absolute Gasteiger partial charge is 0.396 e. The summed E-state index contributed by atoms with van der Waals surface area (Å²) in [5, 5.41) is 11.6.